The number of carbonyl (C=O) groups is 1. The number of hydrogen-bond acceptors (Lipinski definition) is 3. The Kier molecular flexibility index (Phi) is 2.09. The normalized spacial score (nSPS) is 14.3. The van der Waals surface area contributed by atoms with Gasteiger partial charge in [-0.25, -0.2) is 4.39 Å². The van der Waals surface area contributed by atoms with Crippen LogP contribution in [-0.2, 0) is 11.3 Å². The zero-order valence-corrected chi connectivity index (χ0v) is 7.34. The van der Waals surface area contributed by atoms with Crippen molar-refractivity contribution in [1.82, 2.24) is 0 Å². The maximum atomic E-state index is 13.6. The van der Waals surface area contributed by atoms with Gasteiger partial charge in [0, 0.05) is 12.1 Å². The van der Waals surface area contributed by atoms with Crippen molar-refractivity contribution in [2.24, 2.45) is 5.73 Å². The molecule has 4 nitrogen and oxygen atoms in total. The second kappa shape index (κ2) is 3.26. The highest BCUT2D eigenvalue weighted by atomic mass is 19.1. The van der Waals surface area contributed by atoms with Crippen molar-refractivity contribution in [3.05, 3.63) is 23.5 Å². The highest BCUT2D eigenvalue weighted by Gasteiger charge is 2.21. The molecule has 74 valence electrons. The lowest BCUT2D eigenvalue weighted by Gasteiger charge is -2.19. The fraction of sp³-hybridized carbons (Fsp3) is 0.222. The quantitative estimate of drug-likeness (QED) is 0.691. The summed E-state index contributed by atoms with van der Waals surface area (Å²) in [4.78, 5) is 10.9. The molecule has 0 atom stereocenters. The molecule has 1 aliphatic rings. The first-order valence-corrected chi connectivity index (χ1v) is 4.16. The van der Waals surface area contributed by atoms with Crippen LogP contribution in [0, 0.1) is 5.82 Å². The third kappa shape index (κ3) is 1.31. The number of nitrogens with two attached hydrogens (primary N) is 1. The minimum atomic E-state index is -0.516. The highest BCUT2D eigenvalue weighted by Crippen LogP contribution is 2.31. The van der Waals surface area contributed by atoms with Crippen LogP contribution in [0.15, 0.2) is 12.1 Å². The number of rotatable bonds is 1. The zero-order chi connectivity index (χ0) is 10.1. The minimum absolute atomic E-state index is 0.0750. The summed E-state index contributed by atoms with van der Waals surface area (Å²) in [7, 11) is 0. The molecular formula is C9H9FN2O2. The Balaban J connectivity index is 2.50. The highest BCUT2D eigenvalue weighted by molar-refractivity contribution is 5.95. The molecule has 5 heteroatoms. The van der Waals surface area contributed by atoms with Crippen molar-refractivity contribution >= 4 is 11.6 Å². The van der Waals surface area contributed by atoms with Crippen molar-refractivity contribution in [3.8, 4) is 5.75 Å². The van der Waals surface area contributed by atoms with Crippen molar-refractivity contribution in [1.29, 1.82) is 0 Å². The standard InChI is InChI=1S/C9H9FN2O2/c10-8-5(3-11)1-2-6-9(8)12-7(13)4-14-6/h1-2H,3-4,11H2,(H,12,13). The summed E-state index contributed by atoms with van der Waals surface area (Å²) in [6, 6.07) is 3.14. The molecule has 14 heavy (non-hydrogen) atoms. The Bertz CT molecular complexity index is 393. The van der Waals surface area contributed by atoms with E-state index in [9.17, 15) is 9.18 Å². The predicted molar refractivity (Wildman–Crippen MR) is 48.4 cm³/mol. The number of nitrogens with one attached hydrogen (secondary N) is 1. The topological polar surface area (TPSA) is 64.3 Å². The molecule has 0 aliphatic carbocycles. The summed E-state index contributed by atoms with van der Waals surface area (Å²) >= 11 is 0. The van der Waals surface area contributed by atoms with Gasteiger partial charge in [0.05, 0.1) is 0 Å². The van der Waals surface area contributed by atoms with Crippen LogP contribution in [0.4, 0.5) is 10.1 Å². The molecule has 0 radical (unpaired) electrons. The smallest absolute Gasteiger partial charge is 0.262 e. The van der Waals surface area contributed by atoms with Gasteiger partial charge in [-0.05, 0) is 6.07 Å². The van der Waals surface area contributed by atoms with Crippen LogP contribution in [0.5, 0.6) is 5.75 Å². The molecule has 0 spiro atoms. The van der Waals surface area contributed by atoms with Gasteiger partial charge in [-0.15, -0.1) is 0 Å². The molecule has 0 saturated carbocycles. The molecule has 0 unspecified atom stereocenters. The molecule has 0 bridgehead atoms. The van der Waals surface area contributed by atoms with Gasteiger partial charge in [0.25, 0.3) is 5.91 Å². The first kappa shape index (κ1) is 8.96. The molecule has 1 amide bonds. The number of ether oxygens (including phenoxy) is 1. The first-order valence-electron chi connectivity index (χ1n) is 4.16. The average Bonchev–Trinajstić information content (AvgIpc) is 2.20. The molecule has 1 aromatic rings. The Morgan fingerprint density at radius 3 is 3.07 bits per heavy atom. The van der Waals surface area contributed by atoms with Crippen LogP contribution in [0.2, 0.25) is 0 Å². The Labute approximate surface area is 79.9 Å². The van der Waals surface area contributed by atoms with Gasteiger partial charge in [0.2, 0.25) is 0 Å². The van der Waals surface area contributed by atoms with Gasteiger partial charge in [0.15, 0.2) is 12.4 Å². The van der Waals surface area contributed by atoms with Crippen LogP contribution in [-0.4, -0.2) is 12.5 Å². The third-order valence-electron chi connectivity index (χ3n) is 2.03. The molecule has 3 N–H and O–H groups in total. The second-order valence-electron chi connectivity index (χ2n) is 2.95. The summed E-state index contributed by atoms with van der Waals surface area (Å²) < 4.78 is 18.6. The molecular weight excluding hydrogens is 187 g/mol. The van der Waals surface area contributed by atoms with E-state index in [1.165, 1.54) is 0 Å². The molecule has 1 aromatic carbocycles. The fourth-order valence-electron chi connectivity index (χ4n) is 1.31. The maximum absolute atomic E-state index is 13.6. The number of halogens is 1. The van der Waals surface area contributed by atoms with E-state index < -0.39 is 5.82 Å². The fourth-order valence-corrected chi connectivity index (χ4v) is 1.31. The number of carbonyl (C=O) groups excluding carboxylic acids is 1. The van der Waals surface area contributed by atoms with Gasteiger partial charge < -0.3 is 15.8 Å². The number of benzene rings is 1. The van der Waals surface area contributed by atoms with E-state index in [2.05, 4.69) is 5.32 Å². The number of anilines is 1. The molecule has 1 aliphatic heterocycles. The van der Waals surface area contributed by atoms with Gasteiger partial charge in [-0.2, -0.15) is 0 Å². The lowest BCUT2D eigenvalue weighted by molar-refractivity contribution is -0.118. The van der Waals surface area contributed by atoms with Crippen LogP contribution in [0.25, 0.3) is 0 Å². The Morgan fingerprint density at radius 1 is 1.57 bits per heavy atom. The lowest BCUT2D eigenvalue weighted by Crippen LogP contribution is -2.26. The van der Waals surface area contributed by atoms with Crippen molar-refractivity contribution < 1.29 is 13.9 Å². The summed E-state index contributed by atoms with van der Waals surface area (Å²) in [5.74, 6) is -0.525. The largest absolute Gasteiger partial charge is 0.481 e. The van der Waals surface area contributed by atoms with E-state index in [4.69, 9.17) is 10.5 Å². The summed E-state index contributed by atoms with van der Waals surface area (Å²) in [6.07, 6.45) is 0. The van der Waals surface area contributed by atoms with Crippen molar-refractivity contribution in [2.45, 2.75) is 6.54 Å². The Hall–Kier alpha value is -1.62. The van der Waals surface area contributed by atoms with Gasteiger partial charge in [-0.3, -0.25) is 4.79 Å². The summed E-state index contributed by atoms with van der Waals surface area (Å²) in [5, 5.41) is 2.41. The number of fused-ring (bicyclic) bond motifs is 1. The van der Waals surface area contributed by atoms with Crippen LogP contribution >= 0.6 is 0 Å². The molecule has 0 saturated heterocycles. The third-order valence-corrected chi connectivity index (χ3v) is 2.03. The average molecular weight is 196 g/mol. The second-order valence-corrected chi connectivity index (χ2v) is 2.95. The van der Waals surface area contributed by atoms with Gasteiger partial charge in [-0.1, -0.05) is 6.07 Å². The summed E-state index contributed by atoms with van der Waals surface area (Å²) in [6.45, 7) is 0.0173. The zero-order valence-electron chi connectivity index (χ0n) is 7.34. The van der Waals surface area contributed by atoms with Crippen molar-refractivity contribution in [3.63, 3.8) is 0 Å². The lowest BCUT2D eigenvalue weighted by atomic mass is 10.1. The summed E-state index contributed by atoms with van der Waals surface area (Å²) in [5.41, 5.74) is 5.77. The molecule has 0 aromatic heterocycles. The minimum Gasteiger partial charge on any atom is -0.481 e. The van der Waals surface area contributed by atoms with Gasteiger partial charge >= 0.3 is 0 Å². The number of amides is 1. The van der Waals surface area contributed by atoms with E-state index in [0.29, 0.717) is 11.3 Å². The number of hydrogen-bond donors (Lipinski definition) is 2. The SMILES string of the molecule is NCc1ccc2c(c1F)NC(=O)CO2. The van der Waals surface area contributed by atoms with E-state index in [0.717, 1.165) is 0 Å². The maximum Gasteiger partial charge on any atom is 0.262 e. The van der Waals surface area contributed by atoms with Crippen LogP contribution in [0.3, 0.4) is 0 Å². The first-order chi connectivity index (χ1) is 6.72. The van der Waals surface area contributed by atoms with Crippen molar-refractivity contribution in [2.75, 3.05) is 11.9 Å². The van der Waals surface area contributed by atoms with Crippen LogP contribution < -0.4 is 15.8 Å². The molecule has 1 heterocycles. The van der Waals surface area contributed by atoms with Crippen LogP contribution in [0.1, 0.15) is 5.56 Å². The van der Waals surface area contributed by atoms with E-state index in [1.54, 1.807) is 12.1 Å². The van der Waals surface area contributed by atoms with E-state index >= 15 is 0 Å². The van der Waals surface area contributed by atoms with Gasteiger partial charge in [0.1, 0.15) is 11.4 Å². The molecule has 2 rings (SSSR count). The molecule has 0 fully saturated rings. The van der Waals surface area contributed by atoms with E-state index in [1.807, 2.05) is 0 Å². The monoisotopic (exact) mass is 196 g/mol. The van der Waals surface area contributed by atoms with E-state index in [-0.39, 0.29) is 24.7 Å². The predicted octanol–water partition coefficient (Wildman–Crippen LogP) is 0.615. The Morgan fingerprint density at radius 2 is 2.36 bits per heavy atom.